The highest BCUT2D eigenvalue weighted by atomic mass is 16.6. The van der Waals surface area contributed by atoms with E-state index in [1.165, 1.54) is 12.2 Å². The fraction of sp³-hybridized carbons (Fsp3) is 0.500. The molecule has 1 aliphatic rings. The summed E-state index contributed by atoms with van der Waals surface area (Å²) in [5.74, 6) is -2.24. The van der Waals surface area contributed by atoms with Crippen molar-refractivity contribution in [1.82, 2.24) is 21.3 Å². The van der Waals surface area contributed by atoms with Crippen molar-refractivity contribution in [3.63, 3.8) is 0 Å². The molecule has 272 valence electrons. The van der Waals surface area contributed by atoms with E-state index in [4.69, 9.17) is 14.2 Å². The van der Waals surface area contributed by atoms with Gasteiger partial charge in [0.2, 0.25) is 17.7 Å². The van der Waals surface area contributed by atoms with Crippen LogP contribution in [0.5, 0.6) is 0 Å². The number of carbonyl (C=O) groups excluding carboxylic acids is 5. The number of rotatable bonds is 17. The first-order chi connectivity index (χ1) is 23.7. The van der Waals surface area contributed by atoms with Crippen LogP contribution in [0.2, 0.25) is 0 Å². The Morgan fingerprint density at radius 1 is 0.860 bits per heavy atom. The van der Waals surface area contributed by atoms with E-state index in [1.54, 1.807) is 6.92 Å². The second-order valence-electron chi connectivity index (χ2n) is 13.9. The minimum atomic E-state index is -1.20. The standard InChI is InChI=1S/C38H52N4O8/c1-25(2)21-31(41-36(46)33(26(3)50-38(4,5)6)42-37(47)49-24-28-15-11-8-12-16-28)35(45)40-30(22-29-19-20-39-34(29)44)17-18-32(43)48-23-27-13-9-7-10-14-27/h7-18,25-26,29-31,33H,19-24H2,1-6H3,(H,39,44)(H,40,45)(H,41,46)(H,42,47)/t26?,29?,30-,31+,33+/m1/s1. The second-order valence-corrected chi connectivity index (χ2v) is 13.9. The molecule has 3 rings (SSSR count). The van der Waals surface area contributed by atoms with Crippen LogP contribution in [-0.4, -0.2) is 66.2 Å². The van der Waals surface area contributed by atoms with Gasteiger partial charge in [-0.2, -0.15) is 0 Å². The molecular weight excluding hydrogens is 640 g/mol. The number of alkyl carbamates (subject to hydrolysis) is 1. The minimum absolute atomic E-state index is 0.000822. The highest BCUT2D eigenvalue weighted by Gasteiger charge is 2.35. The molecule has 0 aliphatic carbocycles. The molecule has 0 aromatic heterocycles. The van der Waals surface area contributed by atoms with Crippen molar-refractivity contribution in [1.29, 1.82) is 0 Å². The van der Waals surface area contributed by atoms with E-state index in [-0.39, 0.29) is 43.8 Å². The monoisotopic (exact) mass is 692 g/mol. The highest BCUT2D eigenvalue weighted by molar-refractivity contribution is 5.92. The third kappa shape index (κ3) is 14.4. The summed E-state index contributed by atoms with van der Waals surface area (Å²) in [7, 11) is 0. The van der Waals surface area contributed by atoms with Crippen LogP contribution in [0.3, 0.4) is 0 Å². The van der Waals surface area contributed by atoms with Gasteiger partial charge in [0.15, 0.2) is 0 Å². The molecule has 4 N–H and O–H groups in total. The average Bonchev–Trinajstić information content (AvgIpc) is 3.47. The van der Waals surface area contributed by atoms with Crippen molar-refractivity contribution in [3.8, 4) is 0 Å². The predicted octanol–water partition coefficient (Wildman–Crippen LogP) is 4.33. The third-order valence-corrected chi connectivity index (χ3v) is 7.83. The summed E-state index contributed by atoms with van der Waals surface area (Å²) in [4.78, 5) is 65.5. The van der Waals surface area contributed by atoms with Gasteiger partial charge in [0.25, 0.3) is 0 Å². The first-order valence-corrected chi connectivity index (χ1v) is 17.1. The van der Waals surface area contributed by atoms with Gasteiger partial charge in [0.1, 0.15) is 25.3 Å². The maximum atomic E-state index is 13.8. The Labute approximate surface area is 295 Å². The first-order valence-electron chi connectivity index (χ1n) is 17.1. The molecule has 2 unspecified atom stereocenters. The summed E-state index contributed by atoms with van der Waals surface area (Å²) in [6.45, 7) is 11.6. The minimum Gasteiger partial charge on any atom is -0.458 e. The molecule has 1 aliphatic heterocycles. The number of hydrogen-bond acceptors (Lipinski definition) is 8. The van der Waals surface area contributed by atoms with E-state index in [1.807, 2.05) is 95.3 Å². The molecule has 4 amide bonds. The lowest BCUT2D eigenvalue weighted by Gasteiger charge is -2.32. The zero-order chi connectivity index (χ0) is 36.7. The van der Waals surface area contributed by atoms with Crippen LogP contribution in [0.4, 0.5) is 4.79 Å². The van der Waals surface area contributed by atoms with E-state index in [2.05, 4.69) is 21.3 Å². The van der Waals surface area contributed by atoms with Crippen molar-refractivity contribution < 1.29 is 38.2 Å². The number of esters is 1. The Morgan fingerprint density at radius 3 is 2.00 bits per heavy atom. The first kappa shape index (κ1) is 39.7. The fourth-order valence-electron chi connectivity index (χ4n) is 5.49. The number of nitrogens with one attached hydrogen (secondary N) is 4. The Morgan fingerprint density at radius 2 is 1.46 bits per heavy atom. The number of amides is 4. The van der Waals surface area contributed by atoms with Gasteiger partial charge in [-0.3, -0.25) is 14.4 Å². The molecule has 50 heavy (non-hydrogen) atoms. The van der Waals surface area contributed by atoms with Gasteiger partial charge in [0, 0.05) is 24.6 Å². The summed E-state index contributed by atoms with van der Waals surface area (Å²) in [5, 5.41) is 11.1. The van der Waals surface area contributed by atoms with Crippen molar-refractivity contribution >= 4 is 29.8 Å². The predicted molar refractivity (Wildman–Crippen MR) is 188 cm³/mol. The van der Waals surface area contributed by atoms with Gasteiger partial charge in [-0.1, -0.05) is 80.6 Å². The van der Waals surface area contributed by atoms with Gasteiger partial charge in [-0.15, -0.1) is 0 Å². The van der Waals surface area contributed by atoms with Gasteiger partial charge in [-0.25, -0.2) is 9.59 Å². The fourth-order valence-corrected chi connectivity index (χ4v) is 5.49. The van der Waals surface area contributed by atoms with Crippen LogP contribution in [0.25, 0.3) is 0 Å². The quantitative estimate of drug-likeness (QED) is 0.141. The van der Waals surface area contributed by atoms with E-state index in [0.29, 0.717) is 13.0 Å². The molecule has 1 heterocycles. The lowest BCUT2D eigenvalue weighted by Crippen LogP contribution is -2.59. The van der Waals surface area contributed by atoms with E-state index in [9.17, 15) is 24.0 Å². The highest BCUT2D eigenvalue weighted by Crippen LogP contribution is 2.18. The Kier molecular flexibility index (Phi) is 15.5. The van der Waals surface area contributed by atoms with Crippen LogP contribution in [0.1, 0.15) is 71.9 Å². The van der Waals surface area contributed by atoms with E-state index >= 15 is 0 Å². The lowest BCUT2D eigenvalue weighted by molar-refractivity contribution is -0.139. The van der Waals surface area contributed by atoms with Crippen LogP contribution in [-0.2, 0) is 46.6 Å². The van der Waals surface area contributed by atoms with Crippen molar-refractivity contribution in [2.24, 2.45) is 11.8 Å². The second kappa shape index (κ2) is 19.5. The normalized spacial score (nSPS) is 16.9. The van der Waals surface area contributed by atoms with Crippen molar-refractivity contribution in [2.45, 2.75) is 104 Å². The maximum absolute atomic E-state index is 13.8. The third-order valence-electron chi connectivity index (χ3n) is 7.83. The molecule has 0 bridgehead atoms. The zero-order valence-electron chi connectivity index (χ0n) is 29.9. The van der Waals surface area contributed by atoms with Gasteiger partial charge in [-0.05, 0) is 64.0 Å². The summed E-state index contributed by atoms with van der Waals surface area (Å²) in [6, 6.07) is 15.4. The topological polar surface area (TPSA) is 161 Å². The maximum Gasteiger partial charge on any atom is 0.408 e. The van der Waals surface area contributed by atoms with E-state index in [0.717, 1.165) is 11.1 Å². The number of hydrogen-bond donors (Lipinski definition) is 4. The number of ether oxygens (including phenoxy) is 3. The summed E-state index contributed by atoms with van der Waals surface area (Å²) in [5.41, 5.74) is 0.962. The molecule has 1 saturated heterocycles. The lowest BCUT2D eigenvalue weighted by atomic mass is 9.96. The molecule has 0 saturated carbocycles. The van der Waals surface area contributed by atoms with Crippen LogP contribution >= 0.6 is 0 Å². The van der Waals surface area contributed by atoms with Crippen LogP contribution < -0.4 is 21.3 Å². The molecule has 5 atom stereocenters. The van der Waals surface area contributed by atoms with Crippen LogP contribution in [0, 0.1) is 11.8 Å². The van der Waals surface area contributed by atoms with Crippen molar-refractivity contribution in [3.05, 3.63) is 83.9 Å². The smallest absolute Gasteiger partial charge is 0.408 e. The Balaban J connectivity index is 1.74. The number of benzene rings is 2. The zero-order valence-corrected chi connectivity index (χ0v) is 29.9. The number of carbonyl (C=O) groups is 5. The summed E-state index contributed by atoms with van der Waals surface area (Å²) in [6.07, 6.45) is 2.25. The molecular formula is C38H52N4O8. The summed E-state index contributed by atoms with van der Waals surface area (Å²) < 4.78 is 16.8. The van der Waals surface area contributed by atoms with Gasteiger partial charge >= 0.3 is 12.1 Å². The van der Waals surface area contributed by atoms with E-state index < -0.39 is 53.7 Å². The van der Waals surface area contributed by atoms with Gasteiger partial charge < -0.3 is 35.5 Å². The SMILES string of the molecule is CC(C)C[C@H](NC(=O)[C@@H](NC(=O)OCc1ccccc1)C(C)OC(C)(C)C)C(=O)N[C@H](C=CC(=O)OCc1ccccc1)CC1CCNC1=O. The average molecular weight is 693 g/mol. The molecule has 0 radical (unpaired) electrons. The molecule has 2 aromatic carbocycles. The van der Waals surface area contributed by atoms with Gasteiger partial charge in [0.05, 0.1) is 11.7 Å². The van der Waals surface area contributed by atoms with Crippen molar-refractivity contribution in [2.75, 3.05) is 6.54 Å². The largest absolute Gasteiger partial charge is 0.458 e. The molecule has 1 fully saturated rings. The molecule has 12 heteroatoms. The summed E-state index contributed by atoms with van der Waals surface area (Å²) >= 11 is 0. The molecule has 2 aromatic rings. The molecule has 12 nitrogen and oxygen atoms in total. The Bertz CT molecular complexity index is 1440. The Hall–Kier alpha value is -4.71. The van der Waals surface area contributed by atoms with Crippen LogP contribution in [0.15, 0.2) is 72.8 Å². The molecule has 0 spiro atoms.